The fourth-order valence-corrected chi connectivity index (χ4v) is 2.17. The Bertz CT molecular complexity index is 425. The van der Waals surface area contributed by atoms with Gasteiger partial charge in [0.1, 0.15) is 6.61 Å². The van der Waals surface area contributed by atoms with Crippen molar-refractivity contribution < 1.29 is 9.53 Å². The highest BCUT2D eigenvalue weighted by Gasteiger charge is 2.25. The second kappa shape index (κ2) is 6.34. The SMILES string of the molecule is CC[C@H](CCc1ccccc1)C(=O)C1=NCCO1. The van der Waals surface area contributed by atoms with Crippen molar-refractivity contribution in [2.45, 2.75) is 26.2 Å². The molecule has 96 valence electrons. The molecule has 1 aliphatic rings. The summed E-state index contributed by atoms with van der Waals surface area (Å²) in [7, 11) is 0. The smallest absolute Gasteiger partial charge is 0.253 e. The highest BCUT2D eigenvalue weighted by atomic mass is 16.5. The highest BCUT2D eigenvalue weighted by Crippen LogP contribution is 2.16. The lowest BCUT2D eigenvalue weighted by atomic mass is 9.93. The van der Waals surface area contributed by atoms with Gasteiger partial charge in [0.25, 0.3) is 5.90 Å². The zero-order valence-electron chi connectivity index (χ0n) is 10.8. The highest BCUT2D eigenvalue weighted by molar-refractivity contribution is 6.37. The van der Waals surface area contributed by atoms with Crippen LogP contribution in [-0.4, -0.2) is 24.8 Å². The molecule has 1 aliphatic heterocycles. The van der Waals surface area contributed by atoms with Gasteiger partial charge in [-0.15, -0.1) is 0 Å². The van der Waals surface area contributed by atoms with Crippen molar-refractivity contribution in [1.29, 1.82) is 0 Å². The lowest BCUT2D eigenvalue weighted by Crippen LogP contribution is -2.24. The van der Waals surface area contributed by atoms with E-state index in [-0.39, 0.29) is 11.7 Å². The number of rotatable bonds is 6. The summed E-state index contributed by atoms with van der Waals surface area (Å²) in [6.45, 7) is 3.22. The number of ether oxygens (including phenoxy) is 1. The van der Waals surface area contributed by atoms with Gasteiger partial charge < -0.3 is 4.74 Å². The molecule has 0 saturated heterocycles. The van der Waals surface area contributed by atoms with Crippen LogP contribution in [-0.2, 0) is 16.0 Å². The monoisotopic (exact) mass is 245 g/mol. The van der Waals surface area contributed by atoms with Gasteiger partial charge in [0, 0.05) is 5.92 Å². The normalized spacial score (nSPS) is 15.9. The lowest BCUT2D eigenvalue weighted by Gasteiger charge is -2.13. The molecular weight excluding hydrogens is 226 g/mol. The van der Waals surface area contributed by atoms with Gasteiger partial charge in [0.2, 0.25) is 5.78 Å². The summed E-state index contributed by atoms with van der Waals surface area (Å²) in [4.78, 5) is 16.2. The summed E-state index contributed by atoms with van der Waals surface area (Å²) in [5.41, 5.74) is 1.28. The molecule has 0 bridgehead atoms. The van der Waals surface area contributed by atoms with Crippen LogP contribution in [0.4, 0.5) is 0 Å². The largest absolute Gasteiger partial charge is 0.473 e. The lowest BCUT2D eigenvalue weighted by molar-refractivity contribution is -0.118. The van der Waals surface area contributed by atoms with Crippen LogP contribution in [0.2, 0.25) is 0 Å². The molecule has 0 unspecified atom stereocenters. The van der Waals surface area contributed by atoms with Crippen LogP contribution in [0.15, 0.2) is 35.3 Å². The van der Waals surface area contributed by atoms with Gasteiger partial charge in [0.05, 0.1) is 6.54 Å². The Balaban J connectivity index is 1.91. The van der Waals surface area contributed by atoms with Crippen molar-refractivity contribution in [3.8, 4) is 0 Å². The first-order valence-electron chi connectivity index (χ1n) is 6.56. The van der Waals surface area contributed by atoms with Crippen LogP contribution in [0.3, 0.4) is 0 Å². The summed E-state index contributed by atoms with van der Waals surface area (Å²) in [6.07, 6.45) is 2.63. The van der Waals surface area contributed by atoms with Crippen LogP contribution >= 0.6 is 0 Å². The quantitative estimate of drug-likeness (QED) is 0.772. The number of aliphatic imine (C=N–C) groups is 1. The molecule has 0 N–H and O–H groups in total. The molecule has 18 heavy (non-hydrogen) atoms. The number of hydrogen-bond donors (Lipinski definition) is 0. The van der Waals surface area contributed by atoms with Crippen LogP contribution in [0.1, 0.15) is 25.3 Å². The Morgan fingerprint density at radius 3 is 2.78 bits per heavy atom. The van der Waals surface area contributed by atoms with Crippen molar-refractivity contribution >= 4 is 11.7 Å². The van der Waals surface area contributed by atoms with E-state index in [1.54, 1.807) is 0 Å². The summed E-state index contributed by atoms with van der Waals surface area (Å²) in [5, 5.41) is 0. The van der Waals surface area contributed by atoms with E-state index in [0.717, 1.165) is 19.3 Å². The van der Waals surface area contributed by atoms with Crippen molar-refractivity contribution in [2.24, 2.45) is 10.9 Å². The van der Waals surface area contributed by atoms with Crippen LogP contribution in [0.5, 0.6) is 0 Å². The summed E-state index contributed by atoms with van der Waals surface area (Å²) >= 11 is 0. The molecule has 1 atom stereocenters. The second-order valence-corrected chi connectivity index (χ2v) is 4.53. The van der Waals surface area contributed by atoms with E-state index in [2.05, 4.69) is 17.1 Å². The van der Waals surface area contributed by atoms with Gasteiger partial charge in [-0.2, -0.15) is 0 Å². The minimum absolute atomic E-state index is 0.0297. The number of Topliss-reactive ketones (excluding diaryl/α,β-unsaturated/α-hetero) is 1. The van der Waals surface area contributed by atoms with Gasteiger partial charge in [-0.05, 0) is 24.8 Å². The Morgan fingerprint density at radius 2 is 2.17 bits per heavy atom. The van der Waals surface area contributed by atoms with E-state index in [1.807, 2.05) is 25.1 Å². The third-order valence-corrected chi connectivity index (χ3v) is 3.28. The number of carbonyl (C=O) groups is 1. The molecule has 0 aliphatic carbocycles. The maximum atomic E-state index is 12.1. The first kappa shape index (κ1) is 12.8. The molecule has 1 aromatic carbocycles. The van der Waals surface area contributed by atoms with E-state index >= 15 is 0 Å². The Kier molecular flexibility index (Phi) is 4.51. The zero-order chi connectivity index (χ0) is 12.8. The summed E-state index contributed by atoms with van der Waals surface area (Å²) in [6, 6.07) is 10.3. The molecule has 3 nitrogen and oxygen atoms in total. The fourth-order valence-electron chi connectivity index (χ4n) is 2.17. The molecule has 0 radical (unpaired) electrons. The van der Waals surface area contributed by atoms with Gasteiger partial charge in [-0.3, -0.25) is 4.79 Å². The topological polar surface area (TPSA) is 38.7 Å². The second-order valence-electron chi connectivity index (χ2n) is 4.53. The van der Waals surface area contributed by atoms with Crippen molar-refractivity contribution in [3.05, 3.63) is 35.9 Å². The van der Waals surface area contributed by atoms with Gasteiger partial charge in [-0.1, -0.05) is 37.3 Å². The zero-order valence-corrected chi connectivity index (χ0v) is 10.8. The number of nitrogens with zero attached hydrogens (tertiary/aromatic N) is 1. The van der Waals surface area contributed by atoms with Crippen LogP contribution in [0.25, 0.3) is 0 Å². The van der Waals surface area contributed by atoms with Crippen LogP contribution in [0, 0.1) is 5.92 Å². The first-order valence-corrected chi connectivity index (χ1v) is 6.56. The molecule has 1 heterocycles. The van der Waals surface area contributed by atoms with Crippen molar-refractivity contribution in [2.75, 3.05) is 13.2 Å². The third-order valence-electron chi connectivity index (χ3n) is 3.28. The fraction of sp³-hybridized carbons (Fsp3) is 0.467. The first-order chi connectivity index (χ1) is 8.81. The minimum Gasteiger partial charge on any atom is -0.473 e. The number of ketones is 1. The standard InChI is InChI=1S/C15H19NO2/c1-2-13(14(17)15-16-10-11-18-15)9-8-12-6-4-3-5-7-12/h3-7,13H,2,8-11H2,1H3/t13-/m1/s1. The molecular formula is C15H19NO2. The molecule has 0 aromatic heterocycles. The predicted molar refractivity (Wildman–Crippen MR) is 71.8 cm³/mol. The Hall–Kier alpha value is -1.64. The third kappa shape index (κ3) is 3.19. The molecule has 0 amide bonds. The predicted octanol–water partition coefficient (Wildman–Crippen LogP) is 2.64. The van der Waals surface area contributed by atoms with Gasteiger partial charge in [-0.25, -0.2) is 4.99 Å². The number of benzene rings is 1. The maximum Gasteiger partial charge on any atom is 0.253 e. The van der Waals surface area contributed by atoms with E-state index in [0.29, 0.717) is 19.0 Å². The average Bonchev–Trinajstić information content (AvgIpc) is 2.94. The molecule has 1 aromatic rings. The Labute approximate surface area is 108 Å². The van der Waals surface area contributed by atoms with Gasteiger partial charge >= 0.3 is 0 Å². The number of carbonyl (C=O) groups excluding carboxylic acids is 1. The van der Waals surface area contributed by atoms with Crippen LogP contribution < -0.4 is 0 Å². The average molecular weight is 245 g/mol. The summed E-state index contributed by atoms with van der Waals surface area (Å²) in [5.74, 6) is 0.447. The molecule has 0 saturated carbocycles. The van der Waals surface area contributed by atoms with Crippen molar-refractivity contribution in [3.63, 3.8) is 0 Å². The van der Waals surface area contributed by atoms with E-state index in [4.69, 9.17) is 4.74 Å². The molecule has 2 rings (SSSR count). The Morgan fingerprint density at radius 1 is 1.39 bits per heavy atom. The summed E-state index contributed by atoms with van der Waals surface area (Å²) < 4.78 is 5.25. The van der Waals surface area contributed by atoms with Crippen molar-refractivity contribution in [1.82, 2.24) is 0 Å². The van der Waals surface area contributed by atoms with E-state index in [9.17, 15) is 4.79 Å². The minimum atomic E-state index is 0.0297. The molecule has 0 fully saturated rings. The molecule has 0 spiro atoms. The van der Waals surface area contributed by atoms with Gasteiger partial charge in [0.15, 0.2) is 0 Å². The van der Waals surface area contributed by atoms with E-state index in [1.165, 1.54) is 5.56 Å². The maximum absolute atomic E-state index is 12.1. The number of aryl methyl sites for hydroxylation is 1. The molecule has 3 heteroatoms. The number of hydrogen-bond acceptors (Lipinski definition) is 3. The van der Waals surface area contributed by atoms with E-state index < -0.39 is 0 Å².